The lowest BCUT2D eigenvalue weighted by atomic mass is 10.0. The van der Waals surface area contributed by atoms with Crippen LogP contribution in [0.5, 0.6) is 0 Å². The van der Waals surface area contributed by atoms with Crippen molar-refractivity contribution >= 4 is 12.0 Å². The minimum Gasteiger partial charge on any atom is -0.481 e. The van der Waals surface area contributed by atoms with Crippen LogP contribution in [0.1, 0.15) is 39.2 Å². The number of benzene rings is 1. The maximum Gasteiger partial charge on any atom is 0.315 e. The number of aliphatic carboxylic acids is 1. The fraction of sp³-hybridized carbons (Fsp3) is 0.500. The summed E-state index contributed by atoms with van der Waals surface area (Å²) in [6.07, 6.45) is 1.61. The van der Waals surface area contributed by atoms with E-state index in [2.05, 4.69) is 22.8 Å². The molecule has 0 aliphatic carbocycles. The highest BCUT2D eigenvalue weighted by Gasteiger charge is 2.24. The number of rotatable bonds is 7. The van der Waals surface area contributed by atoms with Crippen LogP contribution in [0, 0.1) is 0 Å². The maximum atomic E-state index is 11.8. The van der Waals surface area contributed by atoms with Gasteiger partial charge in [0.05, 0.1) is 6.42 Å². The highest BCUT2D eigenvalue weighted by molar-refractivity contribution is 5.76. The topological polar surface area (TPSA) is 78.4 Å². The standard InChI is InChI=1S/C16H24N2O3/c1-12(9-10-13-7-5-4-6-8-13)17-15(21)18-16(2,3)11-14(19)20/h4-8,12H,9-11H2,1-3H3,(H,19,20)(H2,17,18,21). The van der Waals surface area contributed by atoms with E-state index in [1.165, 1.54) is 5.56 Å². The van der Waals surface area contributed by atoms with Crippen molar-refractivity contribution in [1.29, 1.82) is 0 Å². The number of aryl methyl sites for hydroxylation is 1. The average molecular weight is 292 g/mol. The molecule has 0 aliphatic rings. The van der Waals surface area contributed by atoms with Gasteiger partial charge in [-0.05, 0) is 39.2 Å². The second-order valence-electron chi connectivity index (χ2n) is 5.98. The number of amides is 2. The molecule has 5 nitrogen and oxygen atoms in total. The number of carboxylic acid groups (broad SMARTS) is 1. The molecule has 1 rings (SSSR count). The Labute approximate surface area is 125 Å². The van der Waals surface area contributed by atoms with E-state index in [1.54, 1.807) is 13.8 Å². The SMILES string of the molecule is CC(CCc1ccccc1)NC(=O)NC(C)(C)CC(=O)O. The van der Waals surface area contributed by atoms with E-state index < -0.39 is 11.5 Å². The van der Waals surface area contributed by atoms with Gasteiger partial charge in [-0.25, -0.2) is 4.79 Å². The third kappa shape index (κ3) is 7.34. The molecule has 0 aliphatic heterocycles. The van der Waals surface area contributed by atoms with Crippen molar-refractivity contribution < 1.29 is 14.7 Å². The number of nitrogens with one attached hydrogen (secondary N) is 2. The number of urea groups is 1. The zero-order valence-electron chi connectivity index (χ0n) is 12.8. The van der Waals surface area contributed by atoms with Gasteiger partial charge in [-0.1, -0.05) is 30.3 Å². The predicted octanol–water partition coefficient (Wildman–Crippen LogP) is 2.56. The number of carbonyl (C=O) groups excluding carboxylic acids is 1. The molecule has 3 N–H and O–H groups in total. The van der Waals surface area contributed by atoms with Gasteiger partial charge in [-0.2, -0.15) is 0 Å². The van der Waals surface area contributed by atoms with Crippen molar-refractivity contribution in [2.24, 2.45) is 0 Å². The summed E-state index contributed by atoms with van der Waals surface area (Å²) in [6, 6.07) is 9.77. The Morgan fingerprint density at radius 3 is 2.43 bits per heavy atom. The summed E-state index contributed by atoms with van der Waals surface area (Å²) in [5.41, 5.74) is 0.465. The molecular weight excluding hydrogens is 268 g/mol. The van der Waals surface area contributed by atoms with E-state index in [1.807, 2.05) is 25.1 Å². The summed E-state index contributed by atoms with van der Waals surface area (Å²) >= 11 is 0. The first kappa shape index (κ1) is 17.0. The van der Waals surface area contributed by atoms with Crippen LogP contribution in [0.15, 0.2) is 30.3 Å². The largest absolute Gasteiger partial charge is 0.481 e. The molecule has 0 aromatic heterocycles. The molecule has 0 spiro atoms. The molecule has 0 radical (unpaired) electrons. The van der Waals surface area contributed by atoms with Crippen molar-refractivity contribution in [3.63, 3.8) is 0 Å². The normalized spacial score (nSPS) is 12.5. The summed E-state index contributed by atoms with van der Waals surface area (Å²) in [5, 5.41) is 14.3. The Morgan fingerprint density at radius 2 is 1.86 bits per heavy atom. The fourth-order valence-electron chi connectivity index (χ4n) is 2.09. The van der Waals surface area contributed by atoms with Gasteiger partial charge in [0.1, 0.15) is 0 Å². The van der Waals surface area contributed by atoms with Crippen LogP contribution >= 0.6 is 0 Å². The molecule has 1 aromatic carbocycles. The third-order valence-electron chi connectivity index (χ3n) is 3.13. The van der Waals surface area contributed by atoms with Crippen molar-refractivity contribution in [3.8, 4) is 0 Å². The van der Waals surface area contributed by atoms with Crippen molar-refractivity contribution in [2.75, 3.05) is 0 Å². The minimum atomic E-state index is -0.933. The number of carbonyl (C=O) groups is 2. The van der Waals surface area contributed by atoms with Gasteiger partial charge in [-0.15, -0.1) is 0 Å². The zero-order valence-corrected chi connectivity index (χ0v) is 12.8. The van der Waals surface area contributed by atoms with Gasteiger partial charge in [-0.3, -0.25) is 4.79 Å². The van der Waals surface area contributed by atoms with Crippen LogP contribution in [-0.2, 0) is 11.2 Å². The first-order valence-electron chi connectivity index (χ1n) is 7.13. The smallest absolute Gasteiger partial charge is 0.315 e. The second kappa shape index (κ2) is 7.67. The monoisotopic (exact) mass is 292 g/mol. The Balaban J connectivity index is 2.35. The highest BCUT2D eigenvalue weighted by atomic mass is 16.4. The van der Waals surface area contributed by atoms with Gasteiger partial charge in [0.15, 0.2) is 0 Å². The lowest BCUT2D eigenvalue weighted by Gasteiger charge is -2.25. The van der Waals surface area contributed by atoms with Gasteiger partial charge in [0, 0.05) is 11.6 Å². The number of carboxylic acids is 1. The summed E-state index contributed by atoms with van der Waals surface area (Å²) in [7, 11) is 0. The van der Waals surface area contributed by atoms with E-state index in [-0.39, 0.29) is 18.5 Å². The molecular formula is C16H24N2O3. The molecule has 0 saturated carbocycles. The number of hydrogen-bond donors (Lipinski definition) is 3. The van der Waals surface area contributed by atoms with Crippen LogP contribution in [0.4, 0.5) is 4.79 Å². The highest BCUT2D eigenvalue weighted by Crippen LogP contribution is 2.08. The molecule has 5 heteroatoms. The summed E-state index contributed by atoms with van der Waals surface area (Å²) in [4.78, 5) is 22.6. The fourth-order valence-corrected chi connectivity index (χ4v) is 2.09. The molecule has 116 valence electrons. The van der Waals surface area contributed by atoms with Crippen molar-refractivity contribution in [3.05, 3.63) is 35.9 Å². The summed E-state index contributed by atoms with van der Waals surface area (Å²) in [6.45, 7) is 5.32. The molecule has 1 atom stereocenters. The molecule has 0 bridgehead atoms. The van der Waals surface area contributed by atoms with Crippen LogP contribution in [-0.4, -0.2) is 28.7 Å². The average Bonchev–Trinajstić information content (AvgIpc) is 2.35. The first-order valence-corrected chi connectivity index (χ1v) is 7.13. The molecule has 0 fully saturated rings. The minimum absolute atomic E-state index is 0.0193. The Kier molecular flexibility index (Phi) is 6.21. The second-order valence-corrected chi connectivity index (χ2v) is 5.98. The van der Waals surface area contributed by atoms with Crippen LogP contribution in [0.2, 0.25) is 0 Å². The molecule has 1 aromatic rings. The molecule has 21 heavy (non-hydrogen) atoms. The lowest BCUT2D eigenvalue weighted by molar-refractivity contribution is -0.138. The zero-order chi connectivity index (χ0) is 15.9. The van der Waals surface area contributed by atoms with Gasteiger partial charge in [0.2, 0.25) is 0 Å². The van der Waals surface area contributed by atoms with E-state index in [0.29, 0.717) is 0 Å². The van der Waals surface area contributed by atoms with Gasteiger partial charge < -0.3 is 15.7 Å². The van der Waals surface area contributed by atoms with E-state index >= 15 is 0 Å². The molecule has 2 amide bonds. The first-order chi connectivity index (χ1) is 9.78. The summed E-state index contributed by atoms with van der Waals surface area (Å²) < 4.78 is 0. The molecule has 1 unspecified atom stereocenters. The number of hydrogen-bond acceptors (Lipinski definition) is 2. The quantitative estimate of drug-likeness (QED) is 0.722. The van der Waals surface area contributed by atoms with Crippen molar-refractivity contribution in [2.45, 2.75) is 51.6 Å². The van der Waals surface area contributed by atoms with Crippen LogP contribution < -0.4 is 10.6 Å². The van der Waals surface area contributed by atoms with Gasteiger partial charge >= 0.3 is 12.0 Å². The summed E-state index contributed by atoms with van der Waals surface area (Å²) in [5.74, 6) is -0.933. The van der Waals surface area contributed by atoms with E-state index in [4.69, 9.17) is 5.11 Å². The third-order valence-corrected chi connectivity index (χ3v) is 3.13. The van der Waals surface area contributed by atoms with Crippen LogP contribution in [0.3, 0.4) is 0 Å². The Morgan fingerprint density at radius 1 is 1.24 bits per heavy atom. The Hall–Kier alpha value is -2.04. The van der Waals surface area contributed by atoms with Gasteiger partial charge in [0.25, 0.3) is 0 Å². The van der Waals surface area contributed by atoms with E-state index in [9.17, 15) is 9.59 Å². The maximum absolute atomic E-state index is 11.8. The lowest BCUT2D eigenvalue weighted by Crippen LogP contribution is -2.51. The van der Waals surface area contributed by atoms with E-state index in [0.717, 1.165) is 12.8 Å². The molecule has 0 saturated heterocycles. The predicted molar refractivity (Wildman–Crippen MR) is 82.2 cm³/mol. The molecule has 0 heterocycles. The van der Waals surface area contributed by atoms with Crippen LogP contribution in [0.25, 0.3) is 0 Å². The Bertz CT molecular complexity index is 472. The van der Waals surface area contributed by atoms with Crippen molar-refractivity contribution in [1.82, 2.24) is 10.6 Å².